The lowest BCUT2D eigenvalue weighted by Gasteiger charge is -2.30. The third-order valence-electron chi connectivity index (χ3n) is 4.20. The number of rotatable bonds is 4. The van der Waals surface area contributed by atoms with Gasteiger partial charge in [0, 0.05) is 42.8 Å². The first-order valence-corrected chi connectivity index (χ1v) is 8.71. The minimum absolute atomic E-state index is 0.155. The van der Waals surface area contributed by atoms with E-state index in [1.165, 1.54) is 4.90 Å². The van der Waals surface area contributed by atoms with Crippen molar-refractivity contribution in [2.75, 3.05) is 43.7 Å². The summed E-state index contributed by atoms with van der Waals surface area (Å²) in [6.07, 6.45) is 0.239. The lowest BCUT2D eigenvalue weighted by Crippen LogP contribution is -2.45. The van der Waals surface area contributed by atoms with E-state index in [4.69, 9.17) is 9.47 Å². The number of hydrogen-bond donors (Lipinski definition) is 0. The molecular weight excluding hydrogens is 316 g/mol. The highest BCUT2D eigenvalue weighted by Crippen LogP contribution is 2.33. The Kier molecular flexibility index (Phi) is 4.77. The van der Waals surface area contributed by atoms with Gasteiger partial charge in [-0.3, -0.25) is 14.5 Å². The molecular formula is C16H20N2O4S. The molecule has 2 aliphatic heterocycles. The van der Waals surface area contributed by atoms with Crippen LogP contribution in [0.25, 0.3) is 0 Å². The van der Waals surface area contributed by atoms with E-state index in [-0.39, 0.29) is 24.3 Å². The fourth-order valence-electron chi connectivity index (χ4n) is 2.98. The van der Waals surface area contributed by atoms with Crippen molar-refractivity contribution in [1.82, 2.24) is 4.90 Å². The van der Waals surface area contributed by atoms with Crippen LogP contribution < -0.4 is 14.4 Å². The average molecular weight is 336 g/mol. The standard InChI is InChI=1S/C16H20N2O4S/c1-21-12-7-11(8-13(9-12)22-2)18-15(19)10-14(16(18)20)17-3-5-23-6-4-17/h7-9,14H,3-6,10H2,1-2H3. The fraction of sp³-hybridized carbons (Fsp3) is 0.500. The molecule has 0 spiro atoms. The summed E-state index contributed by atoms with van der Waals surface area (Å²) in [5, 5.41) is 0. The zero-order chi connectivity index (χ0) is 16.4. The molecule has 0 bridgehead atoms. The Hall–Kier alpha value is -1.73. The zero-order valence-corrected chi connectivity index (χ0v) is 14.1. The number of methoxy groups -OCH3 is 2. The summed E-state index contributed by atoms with van der Waals surface area (Å²) < 4.78 is 10.5. The van der Waals surface area contributed by atoms with Crippen molar-refractivity contribution in [3.05, 3.63) is 18.2 Å². The number of hydrogen-bond acceptors (Lipinski definition) is 6. The second kappa shape index (κ2) is 6.80. The van der Waals surface area contributed by atoms with Crippen LogP contribution in [0, 0.1) is 0 Å². The summed E-state index contributed by atoms with van der Waals surface area (Å²) in [7, 11) is 3.08. The van der Waals surface area contributed by atoms with Crippen molar-refractivity contribution in [3.8, 4) is 11.5 Å². The molecule has 0 saturated carbocycles. The smallest absolute Gasteiger partial charge is 0.251 e. The van der Waals surface area contributed by atoms with Crippen molar-refractivity contribution < 1.29 is 19.1 Å². The van der Waals surface area contributed by atoms with Gasteiger partial charge < -0.3 is 9.47 Å². The first-order valence-electron chi connectivity index (χ1n) is 7.55. The molecule has 2 fully saturated rings. The van der Waals surface area contributed by atoms with Crippen LogP contribution >= 0.6 is 11.8 Å². The molecule has 2 saturated heterocycles. The van der Waals surface area contributed by atoms with Crippen LogP contribution in [0.2, 0.25) is 0 Å². The van der Waals surface area contributed by atoms with Gasteiger partial charge in [-0.15, -0.1) is 0 Å². The van der Waals surface area contributed by atoms with E-state index in [2.05, 4.69) is 4.90 Å². The third kappa shape index (κ3) is 3.16. The van der Waals surface area contributed by atoms with E-state index in [0.717, 1.165) is 24.6 Å². The molecule has 23 heavy (non-hydrogen) atoms. The van der Waals surface area contributed by atoms with Gasteiger partial charge in [-0.25, -0.2) is 4.90 Å². The number of amides is 2. The predicted octanol–water partition coefficient (Wildman–Crippen LogP) is 1.38. The van der Waals surface area contributed by atoms with Crippen molar-refractivity contribution in [2.45, 2.75) is 12.5 Å². The molecule has 0 aliphatic carbocycles. The number of carbonyl (C=O) groups is 2. The Morgan fingerprint density at radius 3 is 2.22 bits per heavy atom. The molecule has 7 heteroatoms. The molecule has 1 unspecified atom stereocenters. The average Bonchev–Trinajstić information content (AvgIpc) is 2.89. The molecule has 0 aromatic heterocycles. The topological polar surface area (TPSA) is 59.1 Å². The van der Waals surface area contributed by atoms with Crippen LogP contribution in [0.15, 0.2) is 18.2 Å². The molecule has 0 radical (unpaired) electrons. The van der Waals surface area contributed by atoms with E-state index < -0.39 is 0 Å². The van der Waals surface area contributed by atoms with Crippen molar-refractivity contribution in [1.29, 1.82) is 0 Å². The summed E-state index contributed by atoms with van der Waals surface area (Å²) in [6, 6.07) is 4.74. The molecule has 2 aliphatic rings. The Morgan fingerprint density at radius 1 is 1.04 bits per heavy atom. The van der Waals surface area contributed by atoms with Crippen molar-refractivity contribution in [2.24, 2.45) is 0 Å². The fourth-order valence-corrected chi connectivity index (χ4v) is 3.91. The van der Waals surface area contributed by atoms with E-state index in [1.807, 2.05) is 11.8 Å². The van der Waals surface area contributed by atoms with Crippen LogP contribution in [-0.2, 0) is 9.59 Å². The first kappa shape index (κ1) is 16.1. The van der Waals surface area contributed by atoms with Gasteiger partial charge in [0.2, 0.25) is 5.91 Å². The molecule has 0 N–H and O–H groups in total. The second-order valence-electron chi connectivity index (χ2n) is 5.51. The van der Waals surface area contributed by atoms with Crippen LogP contribution in [0.5, 0.6) is 11.5 Å². The molecule has 6 nitrogen and oxygen atoms in total. The van der Waals surface area contributed by atoms with Crippen LogP contribution in [-0.4, -0.2) is 61.6 Å². The molecule has 1 aromatic carbocycles. The Morgan fingerprint density at radius 2 is 1.65 bits per heavy atom. The summed E-state index contributed by atoms with van der Waals surface area (Å²) in [6.45, 7) is 1.70. The number of carbonyl (C=O) groups excluding carboxylic acids is 2. The number of nitrogens with zero attached hydrogens (tertiary/aromatic N) is 2. The summed E-state index contributed by atoms with van der Waals surface area (Å²) in [5.74, 6) is 2.79. The van der Waals surface area contributed by atoms with Crippen LogP contribution in [0.3, 0.4) is 0 Å². The quantitative estimate of drug-likeness (QED) is 0.775. The van der Waals surface area contributed by atoms with E-state index in [1.54, 1.807) is 32.4 Å². The highest BCUT2D eigenvalue weighted by molar-refractivity contribution is 7.99. The van der Waals surface area contributed by atoms with Gasteiger partial charge in [0.25, 0.3) is 5.91 Å². The van der Waals surface area contributed by atoms with Gasteiger partial charge >= 0.3 is 0 Å². The van der Waals surface area contributed by atoms with E-state index in [9.17, 15) is 9.59 Å². The summed E-state index contributed by atoms with van der Waals surface area (Å²) in [5.41, 5.74) is 0.505. The molecule has 124 valence electrons. The number of benzene rings is 1. The Bertz CT molecular complexity index is 594. The number of imide groups is 1. The van der Waals surface area contributed by atoms with Gasteiger partial charge in [-0.05, 0) is 0 Å². The van der Waals surface area contributed by atoms with Gasteiger partial charge in [-0.1, -0.05) is 0 Å². The summed E-state index contributed by atoms with van der Waals surface area (Å²) >= 11 is 1.88. The maximum absolute atomic E-state index is 12.8. The van der Waals surface area contributed by atoms with Crippen molar-refractivity contribution in [3.63, 3.8) is 0 Å². The van der Waals surface area contributed by atoms with Gasteiger partial charge in [0.05, 0.1) is 32.4 Å². The normalized spacial score (nSPS) is 22.5. The number of thioether (sulfide) groups is 1. The molecule has 1 atom stereocenters. The predicted molar refractivity (Wildman–Crippen MR) is 89.3 cm³/mol. The third-order valence-corrected chi connectivity index (χ3v) is 5.15. The van der Waals surface area contributed by atoms with Crippen molar-refractivity contribution >= 4 is 29.3 Å². The zero-order valence-electron chi connectivity index (χ0n) is 13.3. The van der Waals surface area contributed by atoms with Crippen LogP contribution in [0.1, 0.15) is 6.42 Å². The molecule has 1 aromatic rings. The van der Waals surface area contributed by atoms with Crippen LogP contribution in [0.4, 0.5) is 5.69 Å². The number of anilines is 1. The minimum atomic E-state index is -0.347. The lowest BCUT2D eigenvalue weighted by atomic mass is 10.2. The minimum Gasteiger partial charge on any atom is -0.497 e. The lowest BCUT2D eigenvalue weighted by molar-refractivity contribution is -0.122. The van der Waals surface area contributed by atoms with E-state index in [0.29, 0.717) is 17.2 Å². The first-order chi connectivity index (χ1) is 11.1. The molecule has 2 amide bonds. The molecule has 2 heterocycles. The summed E-state index contributed by atoms with van der Waals surface area (Å²) in [4.78, 5) is 28.6. The highest BCUT2D eigenvalue weighted by atomic mass is 32.2. The van der Waals surface area contributed by atoms with Gasteiger partial charge in [0.15, 0.2) is 0 Å². The van der Waals surface area contributed by atoms with Gasteiger partial charge in [0.1, 0.15) is 11.5 Å². The largest absolute Gasteiger partial charge is 0.497 e. The monoisotopic (exact) mass is 336 g/mol. The number of ether oxygens (including phenoxy) is 2. The Labute approximate surface area is 139 Å². The molecule has 3 rings (SSSR count). The maximum atomic E-state index is 12.8. The second-order valence-corrected chi connectivity index (χ2v) is 6.73. The highest BCUT2D eigenvalue weighted by Gasteiger charge is 2.43. The Balaban J connectivity index is 1.87. The van der Waals surface area contributed by atoms with Gasteiger partial charge in [-0.2, -0.15) is 11.8 Å². The SMILES string of the molecule is COc1cc(OC)cc(N2C(=O)CC(N3CCSCC3)C2=O)c1. The maximum Gasteiger partial charge on any atom is 0.251 e. The van der Waals surface area contributed by atoms with E-state index >= 15 is 0 Å².